The summed E-state index contributed by atoms with van der Waals surface area (Å²) in [6.07, 6.45) is 4.80. The van der Waals surface area contributed by atoms with E-state index in [1.54, 1.807) is 0 Å². The summed E-state index contributed by atoms with van der Waals surface area (Å²) in [4.78, 5) is 13.6. The molecule has 0 bridgehead atoms. The fraction of sp³-hybridized carbons (Fsp3) is 0.643. The molecule has 0 aromatic carbocycles. The maximum atomic E-state index is 11.3. The minimum absolute atomic E-state index is 0.327. The normalized spacial score (nSPS) is 23.1. The molecule has 1 aliphatic rings. The Morgan fingerprint density at radius 1 is 1.53 bits per heavy atom. The fourth-order valence-electron chi connectivity index (χ4n) is 2.61. The molecular formula is C14H21NO3S. The molecule has 1 N–H and O–H groups in total. The average Bonchev–Trinajstić information content (AvgIpc) is 2.83. The van der Waals surface area contributed by atoms with E-state index in [1.165, 1.54) is 31.1 Å². The smallest absolute Gasteiger partial charge is 0.226 e. The van der Waals surface area contributed by atoms with Gasteiger partial charge in [-0.25, -0.2) is 0 Å². The number of hydrogen-bond donors (Lipinski definition) is 1. The van der Waals surface area contributed by atoms with Gasteiger partial charge in [-0.2, -0.15) is 11.8 Å². The molecule has 5 heteroatoms. The van der Waals surface area contributed by atoms with Crippen molar-refractivity contribution in [3.05, 3.63) is 28.3 Å². The van der Waals surface area contributed by atoms with Gasteiger partial charge >= 0.3 is 0 Å². The minimum atomic E-state index is -0.375. The summed E-state index contributed by atoms with van der Waals surface area (Å²) in [7, 11) is 2.07. The number of thioether (sulfide) groups is 1. The fourth-order valence-corrected chi connectivity index (χ4v) is 3.74. The summed E-state index contributed by atoms with van der Waals surface area (Å²) < 4.78 is 5.25. The topological polar surface area (TPSA) is 53.7 Å². The molecule has 2 rings (SSSR count). The van der Waals surface area contributed by atoms with Gasteiger partial charge in [-0.1, -0.05) is 6.92 Å². The van der Waals surface area contributed by atoms with Gasteiger partial charge in [-0.15, -0.1) is 0 Å². The molecule has 0 aliphatic heterocycles. The van der Waals surface area contributed by atoms with E-state index in [9.17, 15) is 4.79 Å². The summed E-state index contributed by atoms with van der Waals surface area (Å²) in [6.45, 7) is 2.82. The molecular weight excluding hydrogens is 262 g/mol. The van der Waals surface area contributed by atoms with E-state index in [1.807, 2.05) is 11.8 Å². The third kappa shape index (κ3) is 3.76. The molecule has 1 fully saturated rings. The Bertz CT molecular complexity index is 474. The number of nitrogens with zero attached hydrogens (tertiary/aromatic N) is 1. The Balaban J connectivity index is 1.92. The lowest BCUT2D eigenvalue weighted by Gasteiger charge is -2.23. The van der Waals surface area contributed by atoms with E-state index in [2.05, 4.69) is 18.9 Å². The summed E-state index contributed by atoms with van der Waals surface area (Å²) in [5.41, 5.74) is -0.375. The molecule has 0 amide bonds. The van der Waals surface area contributed by atoms with Crippen LogP contribution < -0.4 is 5.43 Å². The molecule has 1 aliphatic carbocycles. The van der Waals surface area contributed by atoms with Crippen LogP contribution >= 0.6 is 11.8 Å². The van der Waals surface area contributed by atoms with E-state index in [-0.39, 0.29) is 11.2 Å². The maximum Gasteiger partial charge on any atom is 0.226 e. The molecule has 0 radical (unpaired) electrons. The molecule has 1 aromatic heterocycles. The molecule has 1 aromatic rings. The lowest BCUT2D eigenvalue weighted by Crippen LogP contribution is -2.29. The molecule has 0 unspecified atom stereocenters. The molecule has 0 spiro atoms. The summed E-state index contributed by atoms with van der Waals surface area (Å²) >= 11 is 2.04. The van der Waals surface area contributed by atoms with Gasteiger partial charge in [0.15, 0.2) is 5.75 Å². The second-order valence-electron chi connectivity index (χ2n) is 5.06. The monoisotopic (exact) mass is 283 g/mol. The Morgan fingerprint density at radius 2 is 2.32 bits per heavy atom. The first-order valence-corrected chi connectivity index (χ1v) is 7.77. The van der Waals surface area contributed by atoms with E-state index >= 15 is 0 Å². The van der Waals surface area contributed by atoms with Gasteiger partial charge in [-0.3, -0.25) is 9.69 Å². The van der Waals surface area contributed by atoms with Crippen molar-refractivity contribution in [2.24, 2.45) is 0 Å². The van der Waals surface area contributed by atoms with Crippen LogP contribution in [0.25, 0.3) is 0 Å². The van der Waals surface area contributed by atoms with Crippen LogP contribution in [-0.2, 0) is 6.54 Å². The van der Waals surface area contributed by atoms with Crippen LogP contribution in [0, 0.1) is 0 Å². The van der Waals surface area contributed by atoms with Crippen LogP contribution in [0.4, 0.5) is 0 Å². The van der Waals surface area contributed by atoms with Crippen LogP contribution in [0.1, 0.15) is 31.9 Å². The molecule has 106 valence electrons. The number of hydrogen-bond acceptors (Lipinski definition) is 5. The lowest BCUT2D eigenvalue weighted by molar-refractivity contribution is 0.216. The van der Waals surface area contributed by atoms with Crippen molar-refractivity contribution in [1.82, 2.24) is 4.90 Å². The van der Waals surface area contributed by atoms with Gasteiger partial charge in [0.2, 0.25) is 5.43 Å². The molecule has 19 heavy (non-hydrogen) atoms. The predicted octanol–water partition coefficient (Wildman–Crippen LogP) is 2.45. The van der Waals surface area contributed by atoms with Gasteiger partial charge in [0.25, 0.3) is 0 Å². The third-order valence-electron chi connectivity index (χ3n) is 3.65. The first kappa shape index (κ1) is 14.5. The van der Waals surface area contributed by atoms with Gasteiger partial charge in [0, 0.05) is 17.4 Å². The molecule has 0 saturated heterocycles. The Kier molecular flexibility index (Phi) is 4.93. The highest BCUT2D eigenvalue weighted by Gasteiger charge is 2.27. The Labute approximate surface area is 117 Å². The highest BCUT2D eigenvalue weighted by Crippen LogP contribution is 2.32. The van der Waals surface area contributed by atoms with Crippen molar-refractivity contribution in [3.63, 3.8) is 0 Å². The van der Waals surface area contributed by atoms with E-state index in [0.29, 0.717) is 18.3 Å². The van der Waals surface area contributed by atoms with E-state index in [0.717, 1.165) is 11.5 Å². The highest BCUT2D eigenvalue weighted by molar-refractivity contribution is 7.99. The quantitative estimate of drug-likeness (QED) is 0.899. The van der Waals surface area contributed by atoms with Crippen LogP contribution in [-0.4, -0.2) is 34.1 Å². The van der Waals surface area contributed by atoms with E-state index < -0.39 is 0 Å². The van der Waals surface area contributed by atoms with Gasteiger partial charge in [0.1, 0.15) is 12.0 Å². The van der Waals surface area contributed by atoms with Crippen molar-refractivity contribution in [3.8, 4) is 5.75 Å². The largest absolute Gasteiger partial charge is 0.502 e. The zero-order chi connectivity index (χ0) is 13.8. The summed E-state index contributed by atoms with van der Waals surface area (Å²) in [6, 6.07) is 1.93. The summed E-state index contributed by atoms with van der Waals surface area (Å²) in [5, 5.41) is 9.93. The van der Waals surface area contributed by atoms with Gasteiger partial charge in [-0.05, 0) is 32.1 Å². The van der Waals surface area contributed by atoms with Crippen LogP contribution in [0.15, 0.2) is 21.5 Å². The van der Waals surface area contributed by atoms with Crippen molar-refractivity contribution in [2.75, 3.05) is 12.8 Å². The third-order valence-corrected chi connectivity index (χ3v) is 4.89. The second-order valence-corrected chi connectivity index (χ2v) is 6.63. The van der Waals surface area contributed by atoms with Crippen LogP contribution in [0.5, 0.6) is 5.75 Å². The lowest BCUT2D eigenvalue weighted by atomic mass is 10.2. The number of aromatic hydroxyl groups is 1. The molecule has 2 atom stereocenters. The second kappa shape index (κ2) is 6.48. The molecule has 4 nitrogen and oxygen atoms in total. The first-order valence-electron chi connectivity index (χ1n) is 6.72. The van der Waals surface area contributed by atoms with Crippen molar-refractivity contribution < 1.29 is 9.52 Å². The minimum Gasteiger partial charge on any atom is -0.502 e. The van der Waals surface area contributed by atoms with Crippen LogP contribution in [0.2, 0.25) is 0 Å². The van der Waals surface area contributed by atoms with Crippen molar-refractivity contribution >= 4 is 11.8 Å². The standard InChI is InChI=1S/C14H21NO3S/c1-3-19-12-5-4-10(6-12)15(2)8-11-7-13(16)14(17)9-18-11/h7,9-10,12,17H,3-6,8H2,1-2H3/t10-,12-/m0/s1. The highest BCUT2D eigenvalue weighted by atomic mass is 32.2. The van der Waals surface area contributed by atoms with E-state index in [4.69, 9.17) is 9.52 Å². The van der Waals surface area contributed by atoms with Crippen molar-refractivity contribution in [1.29, 1.82) is 0 Å². The Morgan fingerprint density at radius 3 is 3.00 bits per heavy atom. The average molecular weight is 283 g/mol. The van der Waals surface area contributed by atoms with Gasteiger partial charge in [0.05, 0.1) is 6.54 Å². The first-order chi connectivity index (χ1) is 9.10. The zero-order valence-electron chi connectivity index (χ0n) is 11.5. The van der Waals surface area contributed by atoms with Crippen LogP contribution in [0.3, 0.4) is 0 Å². The summed E-state index contributed by atoms with van der Waals surface area (Å²) in [5.74, 6) is 1.46. The van der Waals surface area contributed by atoms with Gasteiger partial charge < -0.3 is 9.52 Å². The zero-order valence-corrected chi connectivity index (χ0v) is 12.3. The molecule has 1 saturated carbocycles. The SMILES string of the molecule is CCS[C@H]1CC[C@H](N(C)Cc2cc(=O)c(O)co2)C1. The van der Waals surface area contributed by atoms with Crippen molar-refractivity contribution in [2.45, 2.75) is 44.0 Å². The molecule has 1 heterocycles. The number of rotatable bonds is 5. The predicted molar refractivity (Wildman–Crippen MR) is 77.7 cm³/mol. The maximum absolute atomic E-state index is 11.3. The Hall–Kier alpha value is -0.940.